The Hall–Kier alpha value is -2.33. The monoisotopic (exact) mass is 502 g/mol. The molecule has 1 unspecified atom stereocenters. The molecule has 0 spiro atoms. The Bertz CT molecular complexity index is 1250. The van der Waals surface area contributed by atoms with E-state index < -0.39 is 9.84 Å². The van der Waals surface area contributed by atoms with Crippen molar-refractivity contribution in [2.75, 3.05) is 28.7 Å². The van der Waals surface area contributed by atoms with Crippen molar-refractivity contribution in [2.24, 2.45) is 5.92 Å². The number of sulfone groups is 1. The summed E-state index contributed by atoms with van der Waals surface area (Å²) in [5.74, 6) is 1.91. The lowest BCUT2D eigenvalue weighted by Crippen LogP contribution is -2.28. The number of nitrogens with zero attached hydrogens (tertiary/aromatic N) is 4. The quantitative estimate of drug-likeness (QED) is 0.377. The van der Waals surface area contributed by atoms with Crippen LogP contribution in [0.5, 0.6) is 0 Å². The molecule has 8 nitrogen and oxygen atoms in total. The van der Waals surface area contributed by atoms with Gasteiger partial charge in [0, 0.05) is 24.5 Å². The number of aromatic nitrogens is 4. The Kier molecular flexibility index (Phi) is 7.67. The average molecular weight is 503 g/mol. The molecule has 4 rings (SSSR count). The van der Waals surface area contributed by atoms with Crippen molar-refractivity contribution in [1.29, 1.82) is 0 Å². The van der Waals surface area contributed by atoms with Gasteiger partial charge in [-0.2, -0.15) is 4.98 Å². The number of anilines is 2. The lowest BCUT2D eigenvalue weighted by Gasteiger charge is -2.27. The van der Waals surface area contributed by atoms with E-state index in [1.165, 1.54) is 6.42 Å². The molecule has 0 bridgehead atoms. The Balaban J connectivity index is 1.61. The Morgan fingerprint density at radius 2 is 1.94 bits per heavy atom. The van der Waals surface area contributed by atoms with Gasteiger partial charge in [0.15, 0.2) is 0 Å². The highest BCUT2D eigenvalue weighted by Gasteiger charge is 2.22. The third-order valence-electron chi connectivity index (χ3n) is 6.58. The second-order valence-electron chi connectivity index (χ2n) is 9.08. The summed E-state index contributed by atoms with van der Waals surface area (Å²) in [5, 5.41) is 7.81. The first-order valence-electron chi connectivity index (χ1n) is 12.1. The fourth-order valence-corrected chi connectivity index (χ4v) is 6.59. The van der Waals surface area contributed by atoms with Crippen LogP contribution in [0.2, 0.25) is 0 Å². The first-order chi connectivity index (χ1) is 16.3. The summed E-state index contributed by atoms with van der Waals surface area (Å²) in [5.41, 5.74) is 3.57. The van der Waals surface area contributed by atoms with Crippen molar-refractivity contribution < 1.29 is 8.42 Å². The molecule has 0 amide bonds. The highest BCUT2D eigenvalue weighted by Crippen LogP contribution is 2.37. The number of pyridine rings is 1. The first kappa shape index (κ1) is 24.8. The lowest BCUT2D eigenvalue weighted by atomic mass is 9.93. The second kappa shape index (κ2) is 10.5. The fraction of sp³-hybridized carbons (Fsp3) is 0.583. The predicted octanol–water partition coefficient (Wildman–Crippen LogP) is 4.99. The molecule has 1 saturated carbocycles. The van der Waals surface area contributed by atoms with Crippen molar-refractivity contribution in [3.05, 3.63) is 23.7 Å². The molecule has 2 N–H and O–H groups in total. The van der Waals surface area contributed by atoms with Crippen molar-refractivity contribution in [3.8, 4) is 10.6 Å². The van der Waals surface area contributed by atoms with E-state index in [4.69, 9.17) is 15.0 Å². The smallest absolute Gasteiger partial charge is 0.225 e. The summed E-state index contributed by atoms with van der Waals surface area (Å²) < 4.78 is 25.3. The van der Waals surface area contributed by atoms with Crippen LogP contribution in [0.15, 0.2) is 12.3 Å². The highest BCUT2D eigenvalue weighted by atomic mass is 32.2. The van der Waals surface area contributed by atoms with Gasteiger partial charge in [-0.3, -0.25) is 4.98 Å². The number of aryl methyl sites for hydroxylation is 2. The van der Waals surface area contributed by atoms with Crippen LogP contribution >= 0.6 is 11.3 Å². The van der Waals surface area contributed by atoms with Crippen LogP contribution in [0.25, 0.3) is 20.8 Å². The van der Waals surface area contributed by atoms with Gasteiger partial charge in [-0.15, -0.1) is 11.3 Å². The third-order valence-corrected chi connectivity index (χ3v) is 9.48. The van der Waals surface area contributed by atoms with Crippen molar-refractivity contribution in [3.63, 3.8) is 0 Å². The van der Waals surface area contributed by atoms with Crippen LogP contribution in [-0.2, 0) is 9.84 Å². The number of thiazole rings is 1. The maximum absolute atomic E-state index is 12.1. The molecule has 3 aromatic heterocycles. The molecule has 1 aliphatic carbocycles. The zero-order valence-corrected chi connectivity index (χ0v) is 22.0. The lowest BCUT2D eigenvalue weighted by molar-refractivity contribution is 0.443. The zero-order valence-electron chi connectivity index (χ0n) is 20.4. The highest BCUT2D eigenvalue weighted by molar-refractivity contribution is 7.91. The van der Waals surface area contributed by atoms with Gasteiger partial charge in [0.2, 0.25) is 5.95 Å². The summed E-state index contributed by atoms with van der Waals surface area (Å²) in [6, 6.07) is 2.41. The van der Waals surface area contributed by atoms with Gasteiger partial charge < -0.3 is 10.6 Å². The number of nitrogens with one attached hydrogen (secondary N) is 2. The topological polar surface area (TPSA) is 110 Å². The Morgan fingerprint density at radius 1 is 1.15 bits per heavy atom. The molecular formula is C24H34N6O2S2. The molecule has 0 saturated heterocycles. The fourth-order valence-electron chi connectivity index (χ4n) is 4.12. The molecule has 1 fully saturated rings. The molecule has 1 aliphatic rings. The van der Waals surface area contributed by atoms with Crippen LogP contribution in [0, 0.1) is 19.8 Å². The summed E-state index contributed by atoms with van der Waals surface area (Å²) in [4.78, 5) is 18.8. The molecule has 0 aromatic carbocycles. The van der Waals surface area contributed by atoms with Crippen LogP contribution in [0.4, 0.5) is 11.8 Å². The SMILES string of the molecule is CCC(CCNc1nc(NC2CCC2)nc(C)c1-c1nc2c(C)nccc2s1)CS(=O)(=O)CC. The summed E-state index contributed by atoms with van der Waals surface area (Å²) in [6.45, 7) is 8.36. The molecule has 3 heterocycles. The largest absolute Gasteiger partial charge is 0.369 e. The number of fused-ring (bicyclic) bond motifs is 1. The van der Waals surface area contributed by atoms with Crippen LogP contribution in [-0.4, -0.2) is 52.4 Å². The van der Waals surface area contributed by atoms with Gasteiger partial charge in [0.05, 0.1) is 27.4 Å². The van der Waals surface area contributed by atoms with Gasteiger partial charge in [-0.25, -0.2) is 18.4 Å². The van der Waals surface area contributed by atoms with E-state index in [1.54, 1.807) is 18.3 Å². The van der Waals surface area contributed by atoms with Gasteiger partial charge in [-0.1, -0.05) is 20.3 Å². The minimum atomic E-state index is -3.00. The van der Waals surface area contributed by atoms with E-state index in [0.717, 1.165) is 63.7 Å². The van der Waals surface area contributed by atoms with E-state index >= 15 is 0 Å². The average Bonchev–Trinajstić information content (AvgIpc) is 3.20. The second-order valence-corrected chi connectivity index (χ2v) is 12.5. The maximum Gasteiger partial charge on any atom is 0.225 e. The molecule has 1 atom stereocenters. The Labute approximate surface area is 206 Å². The van der Waals surface area contributed by atoms with E-state index in [2.05, 4.69) is 15.6 Å². The number of rotatable bonds is 11. The van der Waals surface area contributed by atoms with Gasteiger partial charge in [-0.05, 0) is 51.5 Å². The molecule has 0 radical (unpaired) electrons. The van der Waals surface area contributed by atoms with E-state index in [1.807, 2.05) is 33.0 Å². The molecule has 10 heteroatoms. The minimum Gasteiger partial charge on any atom is -0.369 e. The normalized spacial score (nSPS) is 15.3. The summed E-state index contributed by atoms with van der Waals surface area (Å²) in [6.07, 6.45) is 6.91. The van der Waals surface area contributed by atoms with Crippen molar-refractivity contribution in [1.82, 2.24) is 19.9 Å². The van der Waals surface area contributed by atoms with Gasteiger partial charge in [0.25, 0.3) is 0 Å². The van der Waals surface area contributed by atoms with Crippen LogP contribution < -0.4 is 10.6 Å². The first-order valence-corrected chi connectivity index (χ1v) is 14.7. The zero-order chi connectivity index (χ0) is 24.3. The standard InChI is InChI=1S/C24H34N6O2S2/c1-5-17(14-34(31,32)6-2)10-12-26-22-20(15(3)27-24(30-22)28-18-8-7-9-18)23-29-21-16(4)25-13-11-19(21)33-23/h11,13,17-18H,5-10,12,14H2,1-4H3,(H2,26,27,28,30). The molecule has 184 valence electrons. The van der Waals surface area contributed by atoms with Gasteiger partial charge in [0.1, 0.15) is 26.2 Å². The molecule has 34 heavy (non-hydrogen) atoms. The minimum absolute atomic E-state index is 0.118. The maximum atomic E-state index is 12.1. The molecule has 0 aliphatic heterocycles. The number of hydrogen-bond donors (Lipinski definition) is 2. The third kappa shape index (κ3) is 5.66. The Morgan fingerprint density at radius 3 is 2.59 bits per heavy atom. The summed E-state index contributed by atoms with van der Waals surface area (Å²) in [7, 11) is -3.00. The predicted molar refractivity (Wildman–Crippen MR) is 140 cm³/mol. The van der Waals surface area contributed by atoms with Crippen LogP contribution in [0.1, 0.15) is 57.3 Å². The van der Waals surface area contributed by atoms with Crippen LogP contribution in [0.3, 0.4) is 0 Å². The van der Waals surface area contributed by atoms with E-state index in [9.17, 15) is 8.42 Å². The number of hydrogen-bond acceptors (Lipinski definition) is 9. The molecular weight excluding hydrogens is 468 g/mol. The summed E-state index contributed by atoms with van der Waals surface area (Å²) >= 11 is 1.61. The molecule has 3 aromatic rings. The van der Waals surface area contributed by atoms with E-state index in [-0.39, 0.29) is 17.4 Å². The van der Waals surface area contributed by atoms with Crippen molar-refractivity contribution >= 4 is 43.2 Å². The van der Waals surface area contributed by atoms with E-state index in [0.29, 0.717) is 18.5 Å². The van der Waals surface area contributed by atoms with Crippen molar-refractivity contribution in [2.45, 2.75) is 65.8 Å². The van der Waals surface area contributed by atoms with Gasteiger partial charge >= 0.3 is 0 Å².